The summed E-state index contributed by atoms with van der Waals surface area (Å²) in [6, 6.07) is 11.9. The van der Waals surface area contributed by atoms with Crippen molar-refractivity contribution in [1.82, 2.24) is 14.9 Å². The van der Waals surface area contributed by atoms with E-state index < -0.39 is 0 Å². The lowest BCUT2D eigenvalue weighted by atomic mass is 10.1. The fraction of sp³-hybridized carbons (Fsp3) is 0.286. The van der Waals surface area contributed by atoms with Crippen LogP contribution in [0.25, 0.3) is 11.3 Å². The third-order valence-electron chi connectivity index (χ3n) is 4.91. The lowest BCUT2D eigenvalue weighted by Crippen LogP contribution is -2.35. The first-order valence-corrected chi connectivity index (χ1v) is 11.0. The highest BCUT2D eigenvalue weighted by Gasteiger charge is 2.23. The molecule has 0 spiro atoms. The molecule has 1 aliphatic rings. The molecule has 0 bridgehead atoms. The summed E-state index contributed by atoms with van der Waals surface area (Å²) >= 11 is 5.14. The zero-order valence-electron chi connectivity index (χ0n) is 15.6. The number of hydrogen-bond donors (Lipinski definition) is 0. The normalized spacial score (nSPS) is 14.8. The minimum atomic E-state index is 0.0618. The van der Waals surface area contributed by atoms with Gasteiger partial charge in [-0.2, -0.15) is 0 Å². The molecular formula is C21H21BrN4OS. The van der Waals surface area contributed by atoms with Gasteiger partial charge in [0.25, 0.3) is 5.91 Å². The van der Waals surface area contributed by atoms with Crippen molar-refractivity contribution in [3.05, 3.63) is 63.7 Å². The number of anilines is 1. The maximum absolute atomic E-state index is 13.1. The number of hydrogen-bond acceptors (Lipinski definition) is 5. The van der Waals surface area contributed by atoms with Gasteiger partial charge in [-0.1, -0.05) is 28.1 Å². The van der Waals surface area contributed by atoms with Gasteiger partial charge in [0.15, 0.2) is 5.13 Å². The number of amides is 1. The number of rotatable bonds is 3. The maximum atomic E-state index is 13.1. The number of aryl methyl sites for hydroxylation is 1. The van der Waals surface area contributed by atoms with Gasteiger partial charge in [0, 0.05) is 47.8 Å². The third kappa shape index (κ3) is 4.10. The molecule has 3 heterocycles. The van der Waals surface area contributed by atoms with E-state index in [-0.39, 0.29) is 5.91 Å². The van der Waals surface area contributed by atoms with Gasteiger partial charge in [0.2, 0.25) is 0 Å². The number of carbonyl (C=O) groups is 1. The van der Waals surface area contributed by atoms with Gasteiger partial charge in [-0.25, -0.2) is 4.98 Å². The number of pyridine rings is 1. The largest absolute Gasteiger partial charge is 0.346 e. The van der Waals surface area contributed by atoms with Crippen LogP contribution in [0.2, 0.25) is 0 Å². The van der Waals surface area contributed by atoms with Gasteiger partial charge < -0.3 is 9.80 Å². The summed E-state index contributed by atoms with van der Waals surface area (Å²) in [4.78, 5) is 26.4. The number of carbonyl (C=O) groups excluding carboxylic acids is 1. The molecule has 2 aromatic heterocycles. The molecule has 5 nitrogen and oxygen atoms in total. The van der Waals surface area contributed by atoms with Crippen molar-refractivity contribution >= 4 is 38.3 Å². The van der Waals surface area contributed by atoms with Crippen LogP contribution in [0.15, 0.2) is 52.4 Å². The Balaban J connectivity index is 1.50. The van der Waals surface area contributed by atoms with E-state index >= 15 is 0 Å². The predicted octanol–water partition coefficient (Wildman–Crippen LogP) is 4.63. The quantitative estimate of drug-likeness (QED) is 0.576. The summed E-state index contributed by atoms with van der Waals surface area (Å²) < 4.78 is 1.01. The molecule has 1 saturated heterocycles. The first-order chi connectivity index (χ1) is 13.6. The number of halogens is 1. The molecule has 28 heavy (non-hydrogen) atoms. The number of thiazole rings is 1. The molecule has 1 fully saturated rings. The second-order valence-corrected chi connectivity index (χ2v) is 8.58. The van der Waals surface area contributed by atoms with Gasteiger partial charge in [-0.05, 0) is 37.6 Å². The second kappa shape index (κ2) is 8.41. The summed E-state index contributed by atoms with van der Waals surface area (Å²) in [5.74, 6) is 0.0618. The third-order valence-corrected chi connectivity index (χ3v) is 6.23. The van der Waals surface area contributed by atoms with Crippen molar-refractivity contribution in [2.24, 2.45) is 0 Å². The Morgan fingerprint density at radius 3 is 2.79 bits per heavy atom. The Labute approximate surface area is 177 Å². The van der Waals surface area contributed by atoms with Crippen molar-refractivity contribution in [3.63, 3.8) is 0 Å². The van der Waals surface area contributed by atoms with Crippen molar-refractivity contribution < 1.29 is 4.79 Å². The van der Waals surface area contributed by atoms with E-state index in [0.717, 1.165) is 52.6 Å². The molecule has 0 N–H and O–H groups in total. The summed E-state index contributed by atoms with van der Waals surface area (Å²) in [6.45, 7) is 5.10. The van der Waals surface area contributed by atoms with Gasteiger partial charge in [-0.15, -0.1) is 11.3 Å². The SMILES string of the molecule is Cc1nc(-c2cccc(Br)c2)ccc1C(=O)N1CCCN(c2nccs2)CC1. The van der Waals surface area contributed by atoms with Crippen LogP contribution in [0.1, 0.15) is 22.5 Å². The van der Waals surface area contributed by atoms with E-state index in [4.69, 9.17) is 4.98 Å². The highest BCUT2D eigenvalue weighted by atomic mass is 79.9. The summed E-state index contributed by atoms with van der Waals surface area (Å²) in [5.41, 5.74) is 3.36. The molecule has 144 valence electrons. The summed E-state index contributed by atoms with van der Waals surface area (Å²) in [6.07, 6.45) is 2.77. The molecule has 0 atom stereocenters. The Kier molecular flexibility index (Phi) is 5.73. The molecule has 0 unspecified atom stereocenters. The van der Waals surface area contributed by atoms with Crippen LogP contribution in [0.4, 0.5) is 5.13 Å². The Bertz CT molecular complexity index is 976. The van der Waals surface area contributed by atoms with Crippen LogP contribution in [0, 0.1) is 6.92 Å². The Hall–Kier alpha value is -2.25. The maximum Gasteiger partial charge on any atom is 0.255 e. The minimum absolute atomic E-state index is 0.0618. The number of benzene rings is 1. The van der Waals surface area contributed by atoms with Crippen LogP contribution in [0.3, 0.4) is 0 Å². The molecular weight excluding hydrogens is 436 g/mol. The van der Waals surface area contributed by atoms with Gasteiger partial charge >= 0.3 is 0 Å². The zero-order chi connectivity index (χ0) is 19.5. The Morgan fingerprint density at radius 1 is 1.14 bits per heavy atom. The highest BCUT2D eigenvalue weighted by molar-refractivity contribution is 9.10. The van der Waals surface area contributed by atoms with Crippen LogP contribution in [-0.2, 0) is 0 Å². The minimum Gasteiger partial charge on any atom is -0.346 e. The molecule has 1 amide bonds. The molecule has 4 rings (SSSR count). The van der Waals surface area contributed by atoms with Gasteiger partial charge in [0.05, 0.1) is 17.0 Å². The highest BCUT2D eigenvalue weighted by Crippen LogP contribution is 2.24. The van der Waals surface area contributed by atoms with E-state index in [9.17, 15) is 4.79 Å². The topological polar surface area (TPSA) is 49.3 Å². The van der Waals surface area contributed by atoms with Crippen LogP contribution >= 0.6 is 27.3 Å². The predicted molar refractivity (Wildman–Crippen MR) is 117 cm³/mol. The second-order valence-electron chi connectivity index (χ2n) is 6.79. The average Bonchev–Trinajstić information content (AvgIpc) is 3.12. The van der Waals surface area contributed by atoms with E-state index in [1.165, 1.54) is 0 Å². The molecule has 1 aromatic carbocycles. The lowest BCUT2D eigenvalue weighted by Gasteiger charge is -2.22. The first kappa shape index (κ1) is 19.1. The van der Waals surface area contributed by atoms with E-state index in [2.05, 4.69) is 25.8 Å². The Morgan fingerprint density at radius 2 is 2.04 bits per heavy atom. The molecule has 7 heteroatoms. The van der Waals surface area contributed by atoms with Crippen molar-refractivity contribution in [1.29, 1.82) is 0 Å². The standard InChI is InChI=1S/C21H21BrN4OS/c1-15-18(6-7-19(24-15)16-4-2-5-17(22)14-16)20(27)25-9-3-10-26(12-11-25)21-23-8-13-28-21/h2,4-8,13-14H,3,9-12H2,1H3. The molecule has 3 aromatic rings. The van der Waals surface area contributed by atoms with E-state index in [1.807, 2.05) is 59.8 Å². The van der Waals surface area contributed by atoms with Crippen LogP contribution in [-0.4, -0.2) is 47.0 Å². The summed E-state index contributed by atoms with van der Waals surface area (Å²) in [7, 11) is 0. The molecule has 0 radical (unpaired) electrons. The fourth-order valence-electron chi connectivity index (χ4n) is 3.45. The number of aromatic nitrogens is 2. The molecule has 0 aliphatic carbocycles. The number of nitrogens with zero attached hydrogens (tertiary/aromatic N) is 4. The summed E-state index contributed by atoms with van der Waals surface area (Å²) in [5, 5.41) is 3.02. The van der Waals surface area contributed by atoms with Crippen molar-refractivity contribution in [3.8, 4) is 11.3 Å². The van der Waals surface area contributed by atoms with Gasteiger partial charge in [-0.3, -0.25) is 9.78 Å². The molecule has 0 saturated carbocycles. The fourth-order valence-corrected chi connectivity index (χ4v) is 4.55. The zero-order valence-corrected chi connectivity index (χ0v) is 18.0. The van der Waals surface area contributed by atoms with Crippen molar-refractivity contribution in [2.75, 3.05) is 31.1 Å². The van der Waals surface area contributed by atoms with Crippen LogP contribution in [0.5, 0.6) is 0 Å². The van der Waals surface area contributed by atoms with E-state index in [0.29, 0.717) is 12.1 Å². The van der Waals surface area contributed by atoms with E-state index in [1.54, 1.807) is 11.3 Å². The first-order valence-electron chi connectivity index (χ1n) is 9.29. The molecule has 1 aliphatic heterocycles. The monoisotopic (exact) mass is 456 g/mol. The average molecular weight is 457 g/mol. The van der Waals surface area contributed by atoms with Gasteiger partial charge in [0.1, 0.15) is 0 Å². The van der Waals surface area contributed by atoms with Crippen LogP contribution < -0.4 is 4.90 Å². The lowest BCUT2D eigenvalue weighted by molar-refractivity contribution is 0.0766. The smallest absolute Gasteiger partial charge is 0.255 e. The van der Waals surface area contributed by atoms with Crippen molar-refractivity contribution in [2.45, 2.75) is 13.3 Å².